The minimum atomic E-state index is 0.0130. The molecule has 0 spiro atoms. The first kappa shape index (κ1) is 19.9. The number of benzene rings is 1. The number of amides is 1. The van der Waals surface area contributed by atoms with Crippen LogP contribution in [0, 0.1) is 12.8 Å². The number of hydrogen-bond donors (Lipinski definition) is 1. The lowest BCUT2D eigenvalue weighted by Crippen LogP contribution is -2.23. The standard InChI is InChI=1S/C23H29N3O2/c1-5-7-8-17(6-2)23(27)25-22-21(18-10-12-19(28-4)13-11-18)24-20-14-9-16(3)15-26(20)22/h9-15,17H,5-8H2,1-4H3,(H,25,27)/t17-/m0/s1. The predicted molar refractivity (Wildman–Crippen MR) is 114 cm³/mol. The Morgan fingerprint density at radius 1 is 1.18 bits per heavy atom. The molecule has 3 rings (SSSR count). The highest BCUT2D eigenvalue weighted by molar-refractivity contribution is 5.96. The minimum absolute atomic E-state index is 0.0130. The summed E-state index contributed by atoms with van der Waals surface area (Å²) in [6.45, 7) is 6.26. The number of carbonyl (C=O) groups excluding carboxylic acids is 1. The molecule has 0 bridgehead atoms. The van der Waals surface area contributed by atoms with Gasteiger partial charge in [0, 0.05) is 17.7 Å². The fraction of sp³-hybridized carbons (Fsp3) is 0.391. The molecule has 5 nitrogen and oxygen atoms in total. The molecule has 0 fully saturated rings. The Morgan fingerprint density at radius 3 is 2.57 bits per heavy atom. The van der Waals surface area contributed by atoms with E-state index in [1.54, 1.807) is 7.11 Å². The number of aromatic nitrogens is 2. The van der Waals surface area contributed by atoms with Crippen molar-refractivity contribution in [3.8, 4) is 17.0 Å². The first-order valence-electron chi connectivity index (χ1n) is 10.0. The van der Waals surface area contributed by atoms with Crippen molar-refractivity contribution in [2.45, 2.75) is 46.5 Å². The molecule has 0 aliphatic carbocycles. The number of aryl methyl sites for hydroxylation is 1. The van der Waals surface area contributed by atoms with Crippen LogP contribution in [0.2, 0.25) is 0 Å². The second kappa shape index (κ2) is 8.91. The van der Waals surface area contributed by atoms with E-state index in [4.69, 9.17) is 9.72 Å². The number of methoxy groups -OCH3 is 1. The van der Waals surface area contributed by atoms with Gasteiger partial charge in [0.25, 0.3) is 0 Å². The molecular formula is C23H29N3O2. The second-order valence-electron chi connectivity index (χ2n) is 7.21. The third kappa shape index (κ3) is 4.19. The highest BCUT2D eigenvalue weighted by Crippen LogP contribution is 2.31. The van der Waals surface area contributed by atoms with Gasteiger partial charge in [-0.1, -0.05) is 32.8 Å². The van der Waals surface area contributed by atoms with Gasteiger partial charge in [0.05, 0.1) is 7.11 Å². The van der Waals surface area contributed by atoms with Crippen molar-refractivity contribution in [3.05, 3.63) is 48.2 Å². The van der Waals surface area contributed by atoms with Gasteiger partial charge in [0.2, 0.25) is 5.91 Å². The van der Waals surface area contributed by atoms with Crippen LogP contribution >= 0.6 is 0 Å². The van der Waals surface area contributed by atoms with Crippen molar-refractivity contribution < 1.29 is 9.53 Å². The highest BCUT2D eigenvalue weighted by Gasteiger charge is 2.21. The van der Waals surface area contributed by atoms with Crippen LogP contribution in [-0.2, 0) is 4.79 Å². The number of nitrogens with zero attached hydrogens (tertiary/aromatic N) is 2. The molecule has 1 atom stereocenters. The predicted octanol–water partition coefficient (Wildman–Crippen LogP) is 5.47. The maximum absolute atomic E-state index is 13.0. The van der Waals surface area contributed by atoms with E-state index in [-0.39, 0.29) is 11.8 Å². The summed E-state index contributed by atoms with van der Waals surface area (Å²) in [5.74, 6) is 1.59. The van der Waals surface area contributed by atoms with Gasteiger partial charge in [-0.15, -0.1) is 0 Å². The van der Waals surface area contributed by atoms with Gasteiger partial charge in [-0.25, -0.2) is 4.98 Å². The van der Waals surface area contributed by atoms with Crippen molar-refractivity contribution in [2.24, 2.45) is 5.92 Å². The Kier molecular flexibility index (Phi) is 6.34. The number of imidazole rings is 1. The van der Waals surface area contributed by atoms with Crippen LogP contribution in [0.5, 0.6) is 5.75 Å². The molecule has 0 radical (unpaired) electrons. The average molecular weight is 380 g/mol. The number of ether oxygens (including phenoxy) is 1. The third-order valence-corrected chi connectivity index (χ3v) is 5.14. The number of fused-ring (bicyclic) bond motifs is 1. The Bertz CT molecular complexity index is 944. The number of carbonyl (C=O) groups is 1. The topological polar surface area (TPSA) is 55.6 Å². The van der Waals surface area contributed by atoms with E-state index in [9.17, 15) is 4.79 Å². The molecule has 0 saturated heterocycles. The van der Waals surface area contributed by atoms with E-state index in [0.29, 0.717) is 0 Å². The van der Waals surface area contributed by atoms with Crippen LogP contribution in [0.1, 0.15) is 45.1 Å². The molecule has 1 amide bonds. The normalized spacial score (nSPS) is 12.1. The fourth-order valence-corrected chi connectivity index (χ4v) is 3.41. The van der Waals surface area contributed by atoms with Crippen LogP contribution < -0.4 is 10.1 Å². The van der Waals surface area contributed by atoms with Crippen molar-refractivity contribution in [3.63, 3.8) is 0 Å². The van der Waals surface area contributed by atoms with Crippen molar-refractivity contribution >= 4 is 17.4 Å². The molecule has 148 valence electrons. The number of rotatable bonds is 8. The number of unbranched alkanes of at least 4 members (excludes halogenated alkanes) is 1. The van der Waals surface area contributed by atoms with E-state index in [2.05, 4.69) is 19.2 Å². The largest absolute Gasteiger partial charge is 0.497 e. The zero-order valence-electron chi connectivity index (χ0n) is 17.2. The number of nitrogens with one attached hydrogen (secondary N) is 1. The fourth-order valence-electron chi connectivity index (χ4n) is 3.41. The van der Waals surface area contributed by atoms with Gasteiger partial charge >= 0.3 is 0 Å². The Hall–Kier alpha value is -2.82. The van der Waals surface area contributed by atoms with Crippen LogP contribution in [0.15, 0.2) is 42.6 Å². The number of hydrogen-bond acceptors (Lipinski definition) is 3. The van der Waals surface area contributed by atoms with Gasteiger partial charge in [0.15, 0.2) is 0 Å². The molecule has 0 aliphatic heterocycles. The van der Waals surface area contributed by atoms with Crippen molar-refractivity contribution in [1.82, 2.24) is 9.38 Å². The maximum Gasteiger partial charge on any atom is 0.228 e. The molecule has 0 saturated carbocycles. The molecule has 2 aromatic heterocycles. The highest BCUT2D eigenvalue weighted by atomic mass is 16.5. The van der Waals surface area contributed by atoms with E-state index >= 15 is 0 Å². The zero-order valence-corrected chi connectivity index (χ0v) is 17.2. The summed E-state index contributed by atoms with van der Waals surface area (Å²) in [6.07, 6.45) is 5.91. The van der Waals surface area contributed by atoms with Crippen molar-refractivity contribution in [2.75, 3.05) is 12.4 Å². The molecule has 0 aliphatic rings. The quantitative estimate of drug-likeness (QED) is 0.564. The summed E-state index contributed by atoms with van der Waals surface area (Å²) >= 11 is 0. The van der Waals surface area contributed by atoms with Crippen LogP contribution in [0.3, 0.4) is 0 Å². The molecule has 1 N–H and O–H groups in total. The van der Waals surface area contributed by atoms with E-state index in [0.717, 1.165) is 59.7 Å². The van der Waals surface area contributed by atoms with Crippen molar-refractivity contribution in [1.29, 1.82) is 0 Å². The molecular weight excluding hydrogens is 350 g/mol. The Morgan fingerprint density at radius 2 is 1.93 bits per heavy atom. The monoisotopic (exact) mass is 379 g/mol. The van der Waals surface area contributed by atoms with Gasteiger partial charge in [-0.3, -0.25) is 9.20 Å². The molecule has 3 aromatic rings. The smallest absolute Gasteiger partial charge is 0.228 e. The Balaban J connectivity index is 2.02. The summed E-state index contributed by atoms with van der Waals surface area (Å²) in [7, 11) is 1.65. The number of anilines is 1. The van der Waals surface area contributed by atoms with E-state index < -0.39 is 0 Å². The third-order valence-electron chi connectivity index (χ3n) is 5.14. The first-order valence-corrected chi connectivity index (χ1v) is 10.0. The van der Waals surface area contributed by atoms with E-state index in [1.165, 1.54) is 0 Å². The summed E-state index contributed by atoms with van der Waals surface area (Å²) in [5.41, 5.74) is 3.64. The lowest BCUT2D eigenvalue weighted by molar-refractivity contribution is -0.120. The van der Waals surface area contributed by atoms with Crippen LogP contribution in [0.4, 0.5) is 5.82 Å². The molecule has 0 unspecified atom stereocenters. The Labute approximate surface area is 166 Å². The SMILES string of the molecule is CCCC[C@H](CC)C(=O)Nc1c(-c2ccc(OC)cc2)nc2ccc(C)cn12. The van der Waals surface area contributed by atoms with E-state index in [1.807, 2.05) is 53.9 Å². The summed E-state index contributed by atoms with van der Waals surface area (Å²) in [6, 6.07) is 11.8. The van der Waals surface area contributed by atoms with Crippen LogP contribution in [0.25, 0.3) is 16.9 Å². The zero-order chi connectivity index (χ0) is 20.1. The number of pyridine rings is 1. The first-order chi connectivity index (χ1) is 13.6. The second-order valence-corrected chi connectivity index (χ2v) is 7.21. The lowest BCUT2D eigenvalue weighted by Gasteiger charge is -2.15. The van der Waals surface area contributed by atoms with Gasteiger partial charge < -0.3 is 10.1 Å². The lowest BCUT2D eigenvalue weighted by atomic mass is 9.98. The molecule has 28 heavy (non-hydrogen) atoms. The summed E-state index contributed by atoms with van der Waals surface area (Å²) in [5, 5.41) is 3.18. The van der Waals surface area contributed by atoms with Gasteiger partial charge in [-0.2, -0.15) is 0 Å². The van der Waals surface area contributed by atoms with Gasteiger partial charge in [-0.05, 0) is 55.7 Å². The van der Waals surface area contributed by atoms with Crippen LogP contribution in [-0.4, -0.2) is 22.4 Å². The summed E-state index contributed by atoms with van der Waals surface area (Å²) in [4.78, 5) is 17.8. The molecule has 2 heterocycles. The molecule has 5 heteroatoms. The molecule has 1 aromatic carbocycles. The minimum Gasteiger partial charge on any atom is -0.497 e. The summed E-state index contributed by atoms with van der Waals surface area (Å²) < 4.78 is 7.23. The van der Waals surface area contributed by atoms with Gasteiger partial charge in [0.1, 0.15) is 22.9 Å². The average Bonchev–Trinajstić information content (AvgIpc) is 3.06. The maximum atomic E-state index is 13.0.